The fraction of sp³-hybridized carbons (Fsp3) is 0.667. The first kappa shape index (κ1) is 16.9. The highest BCUT2D eigenvalue weighted by atomic mass is 16.4. The zero-order valence-electron chi connectivity index (χ0n) is 15.5. The molecule has 1 aliphatic carbocycles. The van der Waals surface area contributed by atoms with Crippen LogP contribution in [0, 0.1) is 11.8 Å². The van der Waals surface area contributed by atoms with E-state index in [9.17, 15) is 4.79 Å². The van der Waals surface area contributed by atoms with Crippen LogP contribution in [-0.4, -0.2) is 28.6 Å². The lowest BCUT2D eigenvalue weighted by Gasteiger charge is -2.41. The van der Waals surface area contributed by atoms with Gasteiger partial charge in [0.1, 0.15) is 0 Å². The highest BCUT2D eigenvalue weighted by molar-refractivity contribution is 5.72. The lowest BCUT2D eigenvalue weighted by Crippen LogP contribution is -2.44. The zero-order valence-corrected chi connectivity index (χ0v) is 15.5. The summed E-state index contributed by atoms with van der Waals surface area (Å²) in [5, 5.41) is 0. The number of fused-ring (bicyclic) bond motifs is 1. The van der Waals surface area contributed by atoms with Gasteiger partial charge in [-0.15, -0.1) is 0 Å². The lowest BCUT2D eigenvalue weighted by atomic mass is 9.79. The molecule has 1 saturated carbocycles. The van der Waals surface area contributed by atoms with E-state index in [4.69, 9.17) is 4.42 Å². The summed E-state index contributed by atoms with van der Waals surface area (Å²) in [6, 6.07) is 8.82. The van der Waals surface area contributed by atoms with Crippen molar-refractivity contribution < 1.29 is 4.42 Å². The molecule has 1 saturated heterocycles. The molecule has 4 nitrogen and oxygen atoms in total. The van der Waals surface area contributed by atoms with Gasteiger partial charge in [-0.3, -0.25) is 4.57 Å². The fourth-order valence-corrected chi connectivity index (χ4v) is 4.97. The third kappa shape index (κ3) is 3.29. The molecule has 0 unspecified atom stereocenters. The minimum atomic E-state index is -0.197. The second-order valence-electron chi connectivity index (χ2n) is 8.29. The summed E-state index contributed by atoms with van der Waals surface area (Å²) in [5.41, 5.74) is 1.66. The molecule has 2 aromatic rings. The van der Waals surface area contributed by atoms with Crippen molar-refractivity contribution in [3.63, 3.8) is 0 Å². The third-order valence-electron chi connectivity index (χ3n) is 6.58. The van der Waals surface area contributed by atoms with Gasteiger partial charge >= 0.3 is 5.76 Å². The Kier molecular flexibility index (Phi) is 4.72. The van der Waals surface area contributed by atoms with Crippen molar-refractivity contribution in [3.8, 4) is 0 Å². The molecule has 2 aliphatic rings. The summed E-state index contributed by atoms with van der Waals surface area (Å²) < 4.78 is 7.31. The van der Waals surface area contributed by atoms with Crippen molar-refractivity contribution in [1.82, 2.24) is 9.47 Å². The standard InChI is InChI=1S/C21H30N2O2/c1-15(2)16-7-9-17(10-8-16)22-13-11-18(12-14-22)23-19-5-3-4-6-20(19)25-21(23)24/h3-6,15-18H,7-14H2,1-2H3. The Balaban J connectivity index is 1.40. The number of oxazole rings is 1. The van der Waals surface area contributed by atoms with E-state index in [-0.39, 0.29) is 11.8 Å². The van der Waals surface area contributed by atoms with E-state index in [2.05, 4.69) is 18.7 Å². The summed E-state index contributed by atoms with van der Waals surface area (Å²) in [5.74, 6) is 1.55. The quantitative estimate of drug-likeness (QED) is 0.827. The van der Waals surface area contributed by atoms with Gasteiger partial charge in [0.15, 0.2) is 5.58 Å². The van der Waals surface area contributed by atoms with Crippen LogP contribution >= 0.6 is 0 Å². The summed E-state index contributed by atoms with van der Waals surface area (Å²) >= 11 is 0. The predicted octanol–water partition coefficient (Wildman–Crippen LogP) is 4.45. The van der Waals surface area contributed by atoms with Gasteiger partial charge in [0.2, 0.25) is 0 Å². The maximum Gasteiger partial charge on any atom is 0.420 e. The van der Waals surface area contributed by atoms with Gasteiger partial charge in [-0.25, -0.2) is 4.79 Å². The largest absolute Gasteiger partial charge is 0.420 e. The van der Waals surface area contributed by atoms with E-state index >= 15 is 0 Å². The molecular formula is C21H30N2O2. The van der Waals surface area contributed by atoms with Crippen LogP contribution < -0.4 is 5.76 Å². The van der Waals surface area contributed by atoms with E-state index in [1.54, 1.807) is 0 Å². The summed E-state index contributed by atoms with van der Waals surface area (Å²) in [7, 11) is 0. The maximum atomic E-state index is 12.3. The van der Waals surface area contributed by atoms with Crippen LogP contribution in [0.1, 0.15) is 58.4 Å². The molecular weight excluding hydrogens is 312 g/mol. The number of piperidine rings is 1. The molecule has 1 aromatic heterocycles. The van der Waals surface area contributed by atoms with Crippen LogP contribution in [0.15, 0.2) is 33.5 Å². The Morgan fingerprint density at radius 3 is 2.32 bits per heavy atom. The Morgan fingerprint density at radius 2 is 1.64 bits per heavy atom. The Hall–Kier alpha value is -1.55. The highest BCUT2D eigenvalue weighted by Crippen LogP contribution is 2.34. The maximum absolute atomic E-state index is 12.3. The lowest BCUT2D eigenvalue weighted by molar-refractivity contribution is 0.0881. The molecule has 0 spiro atoms. The topological polar surface area (TPSA) is 38.4 Å². The van der Waals surface area contributed by atoms with Gasteiger partial charge in [0.05, 0.1) is 5.52 Å². The zero-order chi connectivity index (χ0) is 17.4. The molecule has 0 N–H and O–H groups in total. The van der Waals surface area contributed by atoms with Gasteiger partial charge in [0.25, 0.3) is 0 Å². The van der Waals surface area contributed by atoms with E-state index in [0.717, 1.165) is 49.3 Å². The molecule has 2 heterocycles. The van der Waals surface area contributed by atoms with Gasteiger partial charge < -0.3 is 9.32 Å². The number of rotatable bonds is 3. The number of aromatic nitrogens is 1. The smallest absolute Gasteiger partial charge is 0.408 e. The first-order valence-corrected chi connectivity index (χ1v) is 9.97. The van der Waals surface area contributed by atoms with Crippen molar-refractivity contribution in [2.24, 2.45) is 11.8 Å². The first-order chi connectivity index (χ1) is 12.1. The van der Waals surface area contributed by atoms with Crippen LogP contribution in [0.3, 0.4) is 0 Å². The molecule has 0 bridgehead atoms. The van der Waals surface area contributed by atoms with Crippen LogP contribution in [0.25, 0.3) is 11.1 Å². The number of hydrogen-bond donors (Lipinski definition) is 0. The van der Waals surface area contributed by atoms with Gasteiger partial charge in [-0.1, -0.05) is 26.0 Å². The molecule has 4 rings (SSSR count). The molecule has 1 aliphatic heterocycles. The average Bonchev–Trinajstić information content (AvgIpc) is 2.97. The van der Waals surface area contributed by atoms with Crippen molar-refractivity contribution >= 4 is 11.1 Å². The molecule has 25 heavy (non-hydrogen) atoms. The minimum absolute atomic E-state index is 0.197. The van der Waals surface area contributed by atoms with E-state index in [0.29, 0.717) is 5.58 Å². The van der Waals surface area contributed by atoms with Crippen molar-refractivity contribution in [2.75, 3.05) is 13.1 Å². The molecule has 1 aromatic carbocycles. The second-order valence-corrected chi connectivity index (χ2v) is 8.29. The molecule has 136 valence electrons. The highest BCUT2D eigenvalue weighted by Gasteiger charge is 2.31. The van der Waals surface area contributed by atoms with Crippen molar-refractivity contribution in [1.29, 1.82) is 0 Å². The SMILES string of the molecule is CC(C)C1CCC(N2CCC(n3c(=O)oc4ccccc43)CC2)CC1. The number of para-hydroxylation sites is 2. The van der Waals surface area contributed by atoms with Gasteiger partial charge in [-0.05, 0) is 62.5 Å². The summed E-state index contributed by atoms with van der Waals surface area (Å²) in [6.45, 7) is 6.94. The average molecular weight is 342 g/mol. The van der Waals surface area contributed by atoms with Crippen LogP contribution in [0.2, 0.25) is 0 Å². The van der Waals surface area contributed by atoms with Crippen molar-refractivity contribution in [2.45, 2.75) is 64.5 Å². The van der Waals surface area contributed by atoms with Gasteiger partial charge in [0, 0.05) is 25.2 Å². The number of benzene rings is 1. The Morgan fingerprint density at radius 1 is 0.960 bits per heavy atom. The van der Waals surface area contributed by atoms with E-state index in [1.165, 1.54) is 25.7 Å². The molecule has 4 heteroatoms. The minimum Gasteiger partial charge on any atom is -0.408 e. The summed E-state index contributed by atoms with van der Waals surface area (Å²) in [6.07, 6.45) is 7.56. The van der Waals surface area contributed by atoms with Crippen LogP contribution in [0.4, 0.5) is 0 Å². The Labute approximate surface area is 149 Å². The van der Waals surface area contributed by atoms with Crippen molar-refractivity contribution in [3.05, 3.63) is 34.8 Å². The van der Waals surface area contributed by atoms with E-state index < -0.39 is 0 Å². The summed E-state index contributed by atoms with van der Waals surface area (Å²) in [4.78, 5) is 15.0. The van der Waals surface area contributed by atoms with Gasteiger partial charge in [-0.2, -0.15) is 0 Å². The second kappa shape index (κ2) is 6.99. The molecule has 0 amide bonds. The molecule has 2 fully saturated rings. The Bertz CT molecular complexity index is 760. The number of hydrogen-bond acceptors (Lipinski definition) is 3. The number of likely N-dealkylation sites (tertiary alicyclic amines) is 1. The molecule has 0 radical (unpaired) electrons. The van der Waals surface area contributed by atoms with Crippen LogP contribution in [0.5, 0.6) is 0 Å². The fourth-order valence-electron chi connectivity index (χ4n) is 4.97. The molecule has 0 atom stereocenters. The third-order valence-corrected chi connectivity index (χ3v) is 6.58. The van der Waals surface area contributed by atoms with E-state index in [1.807, 2.05) is 28.8 Å². The monoisotopic (exact) mass is 342 g/mol. The number of nitrogens with zero attached hydrogens (tertiary/aromatic N) is 2. The van der Waals surface area contributed by atoms with Crippen LogP contribution in [-0.2, 0) is 0 Å². The predicted molar refractivity (Wildman–Crippen MR) is 101 cm³/mol. The normalized spacial score (nSPS) is 26.5. The first-order valence-electron chi connectivity index (χ1n) is 9.97.